The summed E-state index contributed by atoms with van der Waals surface area (Å²) in [7, 11) is 0. The highest BCUT2D eigenvalue weighted by Gasteiger charge is 2.45. The monoisotopic (exact) mass is 364 g/mol. The predicted molar refractivity (Wildman–Crippen MR) is 103 cm³/mol. The van der Waals surface area contributed by atoms with Crippen molar-refractivity contribution in [1.82, 2.24) is 4.57 Å². The molecular formula is C22H24N2O3. The zero-order chi connectivity index (χ0) is 18.9. The van der Waals surface area contributed by atoms with Gasteiger partial charge in [-0.2, -0.15) is 0 Å². The standard InChI is InChI=1S/C22H24N2O3/c1-4-22(3)16-9-18-19-14(8-13-7-12(2)5-6-17(13)23-19)10-24(18)20(25)15(16)11-27-21(22)26/h5-7,9,14,19,23H,4,8,10-11H2,1-3H3. The Balaban J connectivity index is 1.65. The molecule has 1 aromatic carbocycles. The highest BCUT2D eigenvalue weighted by molar-refractivity contribution is 5.84. The number of nitrogens with one attached hydrogen (secondary N) is 1. The van der Waals surface area contributed by atoms with E-state index >= 15 is 0 Å². The third kappa shape index (κ3) is 2.17. The minimum atomic E-state index is -0.746. The largest absolute Gasteiger partial charge is 0.460 e. The average molecular weight is 364 g/mol. The second-order valence-electron chi connectivity index (χ2n) is 8.39. The Kier molecular flexibility index (Phi) is 3.37. The van der Waals surface area contributed by atoms with Crippen LogP contribution in [0.3, 0.4) is 0 Å². The number of esters is 1. The smallest absolute Gasteiger partial charge is 0.316 e. The molecule has 3 unspecified atom stereocenters. The van der Waals surface area contributed by atoms with Crippen molar-refractivity contribution < 1.29 is 9.53 Å². The predicted octanol–water partition coefficient (Wildman–Crippen LogP) is 3.22. The number of hydrogen-bond acceptors (Lipinski definition) is 4. The van der Waals surface area contributed by atoms with Gasteiger partial charge in [0.25, 0.3) is 5.56 Å². The Morgan fingerprint density at radius 2 is 2.11 bits per heavy atom. The number of carbonyl (C=O) groups is 1. The maximum Gasteiger partial charge on any atom is 0.316 e. The van der Waals surface area contributed by atoms with E-state index in [4.69, 9.17) is 4.74 Å². The molecule has 0 saturated heterocycles. The molecule has 1 aromatic heterocycles. The number of fused-ring (bicyclic) bond motifs is 5. The molecule has 5 heteroatoms. The van der Waals surface area contributed by atoms with Crippen LogP contribution >= 0.6 is 0 Å². The van der Waals surface area contributed by atoms with Gasteiger partial charge in [-0.15, -0.1) is 0 Å². The Hall–Kier alpha value is -2.56. The van der Waals surface area contributed by atoms with Crippen LogP contribution in [0.5, 0.6) is 0 Å². The number of ether oxygens (including phenoxy) is 1. The number of hydrogen-bond donors (Lipinski definition) is 1. The van der Waals surface area contributed by atoms with E-state index in [1.807, 2.05) is 18.4 Å². The van der Waals surface area contributed by atoms with Crippen molar-refractivity contribution in [2.45, 2.75) is 58.2 Å². The van der Waals surface area contributed by atoms with Crippen LogP contribution in [0.25, 0.3) is 0 Å². The van der Waals surface area contributed by atoms with Gasteiger partial charge in [0.1, 0.15) is 6.61 Å². The molecule has 3 aliphatic heterocycles. The number of pyridine rings is 1. The molecular weight excluding hydrogens is 340 g/mol. The molecule has 5 rings (SSSR count). The fourth-order valence-electron chi connectivity index (χ4n) is 4.97. The van der Waals surface area contributed by atoms with Crippen LogP contribution < -0.4 is 10.9 Å². The molecule has 0 amide bonds. The number of cyclic esters (lactones) is 1. The van der Waals surface area contributed by atoms with E-state index in [9.17, 15) is 9.59 Å². The fraction of sp³-hybridized carbons (Fsp3) is 0.455. The average Bonchev–Trinajstić information content (AvgIpc) is 3.01. The highest BCUT2D eigenvalue weighted by Crippen LogP contribution is 2.44. The van der Waals surface area contributed by atoms with Crippen molar-refractivity contribution in [3.8, 4) is 0 Å². The summed E-state index contributed by atoms with van der Waals surface area (Å²) in [6.45, 7) is 6.77. The number of anilines is 1. The zero-order valence-electron chi connectivity index (χ0n) is 16.0. The summed E-state index contributed by atoms with van der Waals surface area (Å²) in [5.41, 5.74) is 5.49. The SMILES string of the molecule is CCC1(C)C(=O)OCc2c1cc1n(c2=O)CC2Cc3cc(C)ccc3NC12. The molecule has 0 spiro atoms. The van der Waals surface area contributed by atoms with Gasteiger partial charge < -0.3 is 14.6 Å². The van der Waals surface area contributed by atoms with E-state index in [1.54, 1.807) is 0 Å². The molecule has 5 nitrogen and oxygen atoms in total. The van der Waals surface area contributed by atoms with Crippen LogP contribution in [0.2, 0.25) is 0 Å². The molecule has 3 aliphatic rings. The summed E-state index contributed by atoms with van der Waals surface area (Å²) in [6.07, 6.45) is 1.58. The van der Waals surface area contributed by atoms with Gasteiger partial charge in [-0.3, -0.25) is 9.59 Å². The number of nitrogens with zero attached hydrogens (tertiary/aromatic N) is 1. The summed E-state index contributed by atoms with van der Waals surface area (Å²) in [5, 5.41) is 3.66. The van der Waals surface area contributed by atoms with Crippen molar-refractivity contribution in [2.24, 2.45) is 5.92 Å². The minimum Gasteiger partial charge on any atom is -0.460 e. The fourth-order valence-corrected chi connectivity index (χ4v) is 4.97. The first kappa shape index (κ1) is 16.6. The molecule has 4 heterocycles. The summed E-state index contributed by atoms with van der Waals surface area (Å²) in [4.78, 5) is 25.7. The molecule has 3 atom stereocenters. The summed E-state index contributed by atoms with van der Waals surface area (Å²) in [6, 6.07) is 8.68. The van der Waals surface area contributed by atoms with E-state index < -0.39 is 5.41 Å². The van der Waals surface area contributed by atoms with Gasteiger partial charge in [0, 0.05) is 23.8 Å². The van der Waals surface area contributed by atoms with Crippen molar-refractivity contribution in [3.05, 3.63) is 62.6 Å². The topological polar surface area (TPSA) is 60.3 Å². The highest BCUT2D eigenvalue weighted by atomic mass is 16.5. The van der Waals surface area contributed by atoms with Crippen LogP contribution in [-0.4, -0.2) is 10.5 Å². The van der Waals surface area contributed by atoms with Crippen LogP contribution in [0.4, 0.5) is 5.69 Å². The molecule has 0 saturated carbocycles. The van der Waals surface area contributed by atoms with Crippen molar-refractivity contribution in [2.75, 3.05) is 5.32 Å². The molecule has 140 valence electrons. The maximum absolute atomic E-state index is 13.2. The van der Waals surface area contributed by atoms with E-state index in [-0.39, 0.29) is 24.2 Å². The molecule has 0 bridgehead atoms. The van der Waals surface area contributed by atoms with Crippen LogP contribution in [0.1, 0.15) is 54.3 Å². The van der Waals surface area contributed by atoms with Gasteiger partial charge in [0.15, 0.2) is 0 Å². The third-order valence-electron chi connectivity index (χ3n) is 6.79. The van der Waals surface area contributed by atoms with E-state index in [1.165, 1.54) is 11.1 Å². The molecule has 1 N–H and O–H groups in total. The van der Waals surface area contributed by atoms with Crippen LogP contribution in [-0.2, 0) is 34.5 Å². The first-order chi connectivity index (χ1) is 12.9. The number of benzene rings is 1. The Labute approximate surface area is 158 Å². The lowest BCUT2D eigenvalue weighted by molar-refractivity contribution is -0.153. The number of aromatic nitrogens is 1. The normalized spacial score (nSPS) is 27.7. The second kappa shape index (κ2) is 5.47. The van der Waals surface area contributed by atoms with Gasteiger partial charge in [-0.05, 0) is 49.9 Å². The minimum absolute atomic E-state index is 0.00566. The maximum atomic E-state index is 13.2. The van der Waals surface area contributed by atoms with Gasteiger partial charge in [0.2, 0.25) is 0 Å². The van der Waals surface area contributed by atoms with Crippen LogP contribution in [0, 0.1) is 12.8 Å². The molecule has 0 radical (unpaired) electrons. The molecule has 0 fully saturated rings. The zero-order valence-corrected chi connectivity index (χ0v) is 16.0. The second-order valence-corrected chi connectivity index (χ2v) is 8.39. The Bertz CT molecular complexity index is 1040. The Morgan fingerprint density at radius 1 is 1.30 bits per heavy atom. The lowest BCUT2D eigenvalue weighted by Gasteiger charge is -2.34. The quantitative estimate of drug-likeness (QED) is 0.790. The van der Waals surface area contributed by atoms with Gasteiger partial charge >= 0.3 is 5.97 Å². The summed E-state index contributed by atoms with van der Waals surface area (Å²) >= 11 is 0. The third-order valence-corrected chi connectivity index (χ3v) is 6.79. The molecule has 27 heavy (non-hydrogen) atoms. The summed E-state index contributed by atoms with van der Waals surface area (Å²) < 4.78 is 7.26. The van der Waals surface area contributed by atoms with Crippen molar-refractivity contribution in [3.63, 3.8) is 0 Å². The number of rotatable bonds is 1. The van der Waals surface area contributed by atoms with E-state index in [0.717, 1.165) is 23.4 Å². The van der Waals surface area contributed by atoms with Crippen molar-refractivity contribution >= 4 is 11.7 Å². The van der Waals surface area contributed by atoms with E-state index in [0.29, 0.717) is 24.4 Å². The number of carbonyl (C=O) groups excluding carboxylic acids is 1. The van der Waals surface area contributed by atoms with E-state index in [2.05, 4.69) is 36.5 Å². The van der Waals surface area contributed by atoms with Crippen LogP contribution in [0.15, 0.2) is 29.1 Å². The molecule has 2 aromatic rings. The molecule has 0 aliphatic carbocycles. The lowest BCUT2D eigenvalue weighted by Crippen LogP contribution is -2.42. The van der Waals surface area contributed by atoms with Gasteiger partial charge in [-0.25, -0.2) is 0 Å². The first-order valence-corrected chi connectivity index (χ1v) is 9.72. The lowest BCUT2D eigenvalue weighted by atomic mass is 9.76. The summed E-state index contributed by atoms with van der Waals surface area (Å²) in [5.74, 6) is 0.120. The Morgan fingerprint density at radius 3 is 2.89 bits per heavy atom. The van der Waals surface area contributed by atoms with Gasteiger partial charge in [-0.1, -0.05) is 24.6 Å². The number of aryl methyl sites for hydroxylation is 1. The first-order valence-electron chi connectivity index (χ1n) is 9.72. The van der Waals surface area contributed by atoms with Gasteiger partial charge in [0.05, 0.1) is 17.0 Å². The van der Waals surface area contributed by atoms with Crippen molar-refractivity contribution in [1.29, 1.82) is 0 Å².